The molecule has 9 heavy (non-hydrogen) atoms. The molecule has 2 nitrogen and oxygen atoms in total. The highest BCUT2D eigenvalue weighted by atomic mass is 15.1. The lowest BCUT2D eigenvalue weighted by Gasteiger charge is -1.87. The quantitative estimate of drug-likeness (QED) is 0.408. The van der Waals surface area contributed by atoms with E-state index in [4.69, 9.17) is 0 Å². The van der Waals surface area contributed by atoms with Crippen LogP contribution in [0.25, 0.3) is 0 Å². The molecule has 0 unspecified atom stereocenters. The van der Waals surface area contributed by atoms with Crippen molar-refractivity contribution < 1.29 is 0 Å². The van der Waals surface area contributed by atoms with E-state index in [1.165, 1.54) is 0 Å². The van der Waals surface area contributed by atoms with Gasteiger partial charge in [0.05, 0.1) is 6.04 Å². The molecule has 0 aliphatic heterocycles. The van der Waals surface area contributed by atoms with Gasteiger partial charge in [-0.2, -0.15) is 10.2 Å². The molecule has 0 fully saturated rings. The van der Waals surface area contributed by atoms with Crippen molar-refractivity contribution in [2.45, 2.75) is 19.9 Å². The van der Waals surface area contributed by atoms with Gasteiger partial charge in [0, 0.05) is 6.20 Å². The molecule has 50 valence electrons. The zero-order valence-corrected chi connectivity index (χ0v) is 5.91. The van der Waals surface area contributed by atoms with E-state index in [0.717, 1.165) is 0 Å². The zero-order valence-electron chi connectivity index (χ0n) is 5.91. The predicted molar refractivity (Wildman–Crippen MR) is 39.3 cm³/mol. The minimum absolute atomic E-state index is 0.277. The van der Waals surface area contributed by atoms with Gasteiger partial charge in [-0.3, -0.25) is 0 Å². The average molecular weight is 124 g/mol. The lowest BCUT2D eigenvalue weighted by atomic mass is 10.4. The van der Waals surface area contributed by atoms with E-state index in [-0.39, 0.29) is 6.04 Å². The first-order valence-corrected chi connectivity index (χ1v) is 2.95. The first-order chi connectivity index (χ1) is 4.27. The Morgan fingerprint density at radius 1 is 1.44 bits per heavy atom. The highest BCUT2D eigenvalue weighted by molar-refractivity contribution is 4.95. The molecule has 0 spiro atoms. The molecular formula is C7H12N2. The first-order valence-electron chi connectivity index (χ1n) is 2.95. The topological polar surface area (TPSA) is 24.7 Å². The summed E-state index contributed by atoms with van der Waals surface area (Å²) in [4.78, 5) is 0. The van der Waals surface area contributed by atoms with Gasteiger partial charge in [-0.1, -0.05) is 12.7 Å². The minimum atomic E-state index is 0.277. The molecule has 0 aliphatic carbocycles. The molecule has 2 heteroatoms. The minimum Gasteiger partial charge on any atom is -0.187 e. The fourth-order valence-electron chi connectivity index (χ4n) is 0.271. The number of hydrogen-bond acceptors (Lipinski definition) is 2. The van der Waals surface area contributed by atoms with E-state index < -0.39 is 0 Å². The monoisotopic (exact) mass is 124 g/mol. The summed E-state index contributed by atoms with van der Waals surface area (Å²) >= 11 is 0. The summed E-state index contributed by atoms with van der Waals surface area (Å²) in [5.74, 6) is 0. The number of azo groups is 1. The molecule has 0 rings (SSSR count). The second kappa shape index (κ2) is 5.22. The van der Waals surface area contributed by atoms with Crippen molar-refractivity contribution in [3.63, 3.8) is 0 Å². The summed E-state index contributed by atoms with van der Waals surface area (Å²) in [5.41, 5.74) is 0. The Morgan fingerprint density at radius 3 is 2.56 bits per heavy atom. The largest absolute Gasteiger partial charge is 0.187 e. The van der Waals surface area contributed by atoms with E-state index in [0.29, 0.717) is 0 Å². The summed E-state index contributed by atoms with van der Waals surface area (Å²) < 4.78 is 0. The molecule has 0 saturated carbocycles. The fourth-order valence-corrected chi connectivity index (χ4v) is 0.271. The molecule has 0 saturated heterocycles. The molecule has 0 N–H and O–H groups in total. The van der Waals surface area contributed by atoms with Crippen LogP contribution in [-0.2, 0) is 0 Å². The van der Waals surface area contributed by atoms with Gasteiger partial charge in [0.15, 0.2) is 0 Å². The Morgan fingerprint density at radius 2 is 2.11 bits per heavy atom. The Balaban J connectivity index is 3.46. The highest BCUT2D eigenvalue weighted by Gasteiger charge is 1.80. The lowest BCUT2D eigenvalue weighted by Crippen LogP contribution is -1.83. The number of nitrogens with zero attached hydrogens (tertiary/aromatic N) is 2. The molecular weight excluding hydrogens is 112 g/mol. The van der Waals surface area contributed by atoms with E-state index in [2.05, 4.69) is 16.8 Å². The Labute approximate surface area is 56.0 Å². The van der Waals surface area contributed by atoms with Crippen molar-refractivity contribution in [3.8, 4) is 0 Å². The Bertz CT molecular complexity index is 123. The standard InChI is InChI=1S/C7H12N2/c1-4-5-6-8-9-7(2)3/h4-7H,1H2,2-3H3/b6-5-,9-8?. The van der Waals surface area contributed by atoms with Crippen molar-refractivity contribution in [3.05, 3.63) is 24.9 Å². The van der Waals surface area contributed by atoms with Gasteiger partial charge in [-0.15, -0.1) is 0 Å². The van der Waals surface area contributed by atoms with Crippen LogP contribution in [-0.4, -0.2) is 6.04 Å². The molecule has 0 aromatic rings. The van der Waals surface area contributed by atoms with Crippen molar-refractivity contribution in [2.75, 3.05) is 0 Å². The van der Waals surface area contributed by atoms with E-state index in [1.54, 1.807) is 18.4 Å². The maximum Gasteiger partial charge on any atom is 0.0656 e. The van der Waals surface area contributed by atoms with Crippen molar-refractivity contribution >= 4 is 0 Å². The van der Waals surface area contributed by atoms with Gasteiger partial charge >= 0.3 is 0 Å². The maximum atomic E-state index is 3.85. The summed E-state index contributed by atoms with van der Waals surface area (Å²) in [5, 5.41) is 7.59. The van der Waals surface area contributed by atoms with Gasteiger partial charge in [-0.25, -0.2) is 0 Å². The molecule has 0 bridgehead atoms. The molecule has 0 aliphatic rings. The van der Waals surface area contributed by atoms with Crippen molar-refractivity contribution in [2.24, 2.45) is 10.2 Å². The van der Waals surface area contributed by atoms with Crippen LogP contribution in [0.2, 0.25) is 0 Å². The average Bonchev–Trinajstić information content (AvgIpc) is 1.80. The Hall–Kier alpha value is -0.920. The van der Waals surface area contributed by atoms with Crippen LogP contribution in [0.3, 0.4) is 0 Å². The molecule has 0 aromatic heterocycles. The molecule has 0 radical (unpaired) electrons. The number of hydrogen-bond donors (Lipinski definition) is 0. The van der Waals surface area contributed by atoms with Crippen LogP contribution in [0, 0.1) is 0 Å². The second-order valence-electron chi connectivity index (χ2n) is 1.90. The third-order valence-electron chi connectivity index (χ3n) is 0.586. The van der Waals surface area contributed by atoms with Crippen molar-refractivity contribution in [1.29, 1.82) is 0 Å². The van der Waals surface area contributed by atoms with Crippen LogP contribution >= 0.6 is 0 Å². The van der Waals surface area contributed by atoms with Gasteiger partial charge in [0.1, 0.15) is 0 Å². The van der Waals surface area contributed by atoms with Crippen LogP contribution in [0.4, 0.5) is 0 Å². The van der Waals surface area contributed by atoms with Gasteiger partial charge < -0.3 is 0 Å². The lowest BCUT2D eigenvalue weighted by molar-refractivity contribution is 0.777. The Kier molecular flexibility index (Phi) is 4.69. The predicted octanol–water partition coefficient (Wildman–Crippen LogP) is 2.55. The smallest absolute Gasteiger partial charge is 0.0656 e. The van der Waals surface area contributed by atoms with Gasteiger partial charge in [0.25, 0.3) is 0 Å². The maximum absolute atomic E-state index is 3.85. The summed E-state index contributed by atoms with van der Waals surface area (Å²) in [6, 6.07) is 0.277. The normalized spacial score (nSPS) is 11.9. The summed E-state index contributed by atoms with van der Waals surface area (Å²) in [6.07, 6.45) is 5.03. The second-order valence-corrected chi connectivity index (χ2v) is 1.90. The molecule has 0 heterocycles. The molecule has 0 amide bonds. The van der Waals surface area contributed by atoms with Crippen LogP contribution in [0.5, 0.6) is 0 Å². The van der Waals surface area contributed by atoms with E-state index in [1.807, 2.05) is 13.8 Å². The van der Waals surface area contributed by atoms with E-state index >= 15 is 0 Å². The van der Waals surface area contributed by atoms with E-state index in [9.17, 15) is 0 Å². The van der Waals surface area contributed by atoms with Crippen LogP contribution in [0.1, 0.15) is 13.8 Å². The zero-order chi connectivity index (χ0) is 7.11. The third kappa shape index (κ3) is 7.08. The fraction of sp³-hybridized carbons (Fsp3) is 0.429. The van der Waals surface area contributed by atoms with Gasteiger partial charge in [-0.05, 0) is 19.9 Å². The summed E-state index contributed by atoms with van der Waals surface area (Å²) in [6.45, 7) is 7.44. The highest BCUT2D eigenvalue weighted by Crippen LogP contribution is 1.87. The van der Waals surface area contributed by atoms with Crippen LogP contribution in [0.15, 0.2) is 35.2 Å². The molecule has 0 atom stereocenters. The molecule has 0 aromatic carbocycles. The third-order valence-corrected chi connectivity index (χ3v) is 0.586. The van der Waals surface area contributed by atoms with Crippen molar-refractivity contribution in [1.82, 2.24) is 0 Å². The SMILES string of the molecule is C=C/C=C\N=NC(C)C. The summed E-state index contributed by atoms with van der Waals surface area (Å²) in [7, 11) is 0. The number of rotatable bonds is 3. The van der Waals surface area contributed by atoms with Gasteiger partial charge in [0.2, 0.25) is 0 Å². The number of allylic oxidation sites excluding steroid dienone is 2. The van der Waals surface area contributed by atoms with Crippen LogP contribution < -0.4 is 0 Å². The first kappa shape index (κ1) is 8.08.